The summed E-state index contributed by atoms with van der Waals surface area (Å²) in [4.78, 5) is 0. The molecule has 108 valence electrons. The van der Waals surface area contributed by atoms with Crippen molar-refractivity contribution in [2.24, 2.45) is 0 Å². The van der Waals surface area contributed by atoms with Gasteiger partial charge in [-0.1, -0.05) is 49.1 Å². The Kier molecular flexibility index (Phi) is 3.76. The molecule has 21 heavy (non-hydrogen) atoms. The second-order valence-electron chi connectivity index (χ2n) is 5.11. The molecule has 0 unspecified atom stereocenters. The molecule has 0 amide bonds. The van der Waals surface area contributed by atoms with Crippen LogP contribution in [0.3, 0.4) is 0 Å². The van der Waals surface area contributed by atoms with E-state index in [0.717, 1.165) is 23.3 Å². The second-order valence-corrected chi connectivity index (χ2v) is 5.11. The van der Waals surface area contributed by atoms with Crippen molar-refractivity contribution in [3.05, 3.63) is 59.9 Å². The lowest BCUT2D eigenvalue weighted by Crippen LogP contribution is -2.01. The molecule has 2 nitrogen and oxygen atoms in total. The average molecular weight is 284 g/mol. The van der Waals surface area contributed by atoms with Crippen molar-refractivity contribution < 1.29 is 13.9 Å². The Morgan fingerprint density at radius 2 is 2.00 bits per heavy atom. The molecule has 0 spiro atoms. The number of epoxide rings is 1. The highest BCUT2D eigenvalue weighted by atomic mass is 19.1. The highest BCUT2D eigenvalue weighted by Gasteiger charge is 2.26. The molecule has 2 aromatic rings. The highest BCUT2D eigenvalue weighted by Crippen LogP contribution is 2.34. The summed E-state index contributed by atoms with van der Waals surface area (Å²) < 4.78 is 25.2. The fourth-order valence-electron chi connectivity index (χ4n) is 2.43. The summed E-state index contributed by atoms with van der Waals surface area (Å²) in [6.07, 6.45) is 2.66. The van der Waals surface area contributed by atoms with E-state index in [1.165, 1.54) is 7.11 Å². The van der Waals surface area contributed by atoms with Crippen LogP contribution in [0.15, 0.2) is 43.0 Å². The molecule has 2 aromatic carbocycles. The summed E-state index contributed by atoms with van der Waals surface area (Å²) >= 11 is 0. The lowest BCUT2D eigenvalue weighted by atomic mass is 9.99. The van der Waals surface area contributed by atoms with E-state index in [4.69, 9.17) is 9.47 Å². The van der Waals surface area contributed by atoms with Crippen LogP contribution in [0, 0.1) is 5.82 Å². The molecule has 0 saturated carbocycles. The summed E-state index contributed by atoms with van der Waals surface area (Å²) in [6.45, 7) is 4.46. The predicted molar refractivity (Wildman–Crippen MR) is 81.9 cm³/mol. The zero-order valence-corrected chi connectivity index (χ0v) is 11.9. The first kappa shape index (κ1) is 13.8. The normalized spacial score (nSPS) is 16.6. The van der Waals surface area contributed by atoms with Crippen LogP contribution in [-0.2, 0) is 11.2 Å². The average Bonchev–Trinajstić information content (AvgIpc) is 3.32. The number of hydrogen-bond acceptors (Lipinski definition) is 2. The van der Waals surface area contributed by atoms with E-state index in [1.54, 1.807) is 12.1 Å². The van der Waals surface area contributed by atoms with Gasteiger partial charge < -0.3 is 9.47 Å². The van der Waals surface area contributed by atoms with Gasteiger partial charge in [-0.3, -0.25) is 0 Å². The molecule has 0 aromatic heterocycles. The number of rotatable bonds is 5. The van der Waals surface area contributed by atoms with Gasteiger partial charge in [0.05, 0.1) is 19.8 Å². The molecular weight excluding hydrogens is 267 g/mol. The van der Waals surface area contributed by atoms with E-state index in [0.29, 0.717) is 17.7 Å². The Hall–Kier alpha value is -2.13. The molecule has 3 heteroatoms. The van der Waals surface area contributed by atoms with E-state index >= 15 is 0 Å². The Morgan fingerprint density at radius 1 is 1.29 bits per heavy atom. The zero-order valence-electron chi connectivity index (χ0n) is 11.9. The third kappa shape index (κ3) is 2.83. The van der Waals surface area contributed by atoms with Crippen LogP contribution in [0.4, 0.5) is 4.39 Å². The number of hydrogen-bond donors (Lipinski definition) is 0. The first-order valence-corrected chi connectivity index (χ1v) is 6.92. The van der Waals surface area contributed by atoms with Crippen LogP contribution in [0.25, 0.3) is 17.2 Å². The largest absolute Gasteiger partial charge is 0.493 e. The minimum Gasteiger partial charge on any atom is -0.493 e. The molecule has 1 aliphatic rings. The lowest BCUT2D eigenvalue weighted by molar-refractivity contribution is 0.373. The summed E-state index contributed by atoms with van der Waals surface area (Å²) in [6, 6.07) is 11.3. The number of methoxy groups -OCH3 is 1. The number of benzene rings is 2. The van der Waals surface area contributed by atoms with Gasteiger partial charge in [0, 0.05) is 12.0 Å². The van der Waals surface area contributed by atoms with Crippen molar-refractivity contribution in [3.63, 3.8) is 0 Å². The molecule has 0 radical (unpaired) electrons. The molecule has 0 N–H and O–H groups in total. The molecule has 1 fully saturated rings. The number of halogens is 1. The third-order valence-corrected chi connectivity index (χ3v) is 3.69. The van der Waals surface area contributed by atoms with Gasteiger partial charge in [0.1, 0.15) is 0 Å². The van der Waals surface area contributed by atoms with Crippen LogP contribution in [0.5, 0.6) is 5.75 Å². The first-order valence-electron chi connectivity index (χ1n) is 6.92. The molecule has 1 heterocycles. The molecule has 1 atom stereocenters. The minimum absolute atomic E-state index is 0.205. The van der Waals surface area contributed by atoms with Crippen LogP contribution >= 0.6 is 0 Å². The summed E-state index contributed by atoms with van der Waals surface area (Å²) in [7, 11) is 1.50. The SMILES string of the molecule is C=Cc1ccc(-c2ccc(C[C@@H]3CO3)c(OC)c2F)cc1. The van der Waals surface area contributed by atoms with Gasteiger partial charge in [-0.2, -0.15) is 0 Å². The Balaban J connectivity index is 1.99. The maximum atomic E-state index is 14.7. The molecule has 1 saturated heterocycles. The Morgan fingerprint density at radius 3 is 2.57 bits per heavy atom. The van der Waals surface area contributed by atoms with Gasteiger partial charge in [-0.25, -0.2) is 4.39 Å². The molecule has 0 aliphatic carbocycles. The quantitative estimate of drug-likeness (QED) is 0.771. The monoisotopic (exact) mass is 284 g/mol. The fourth-order valence-corrected chi connectivity index (χ4v) is 2.43. The lowest BCUT2D eigenvalue weighted by Gasteiger charge is -2.12. The van der Waals surface area contributed by atoms with Gasteiger partial charge >= 0.3 is 0 Å². The van der Waals surface area contributed by atoms with E-state index in [9.17, 15) is 4.39 Å². The topological polar surface area (TPSA) is 21.8 Å². The highest BCUT2D eigenvalue weighted by molar-refractivity contribution is 5.68. The fraction of sp³-hybridized carbons (Fsp3) is 0.222. The van der Waals surface area contributed by atoms with E-state index in [1.807, 2.05) is 30.3 Å². The van der Waals surface area contributed by atoms with Gasteiger partial charge in [0.25, 0.3) is 0 Å². The maximum Gasteiger partial charge on any atom is 0.173 e. The summed E-state index contributed by atoms with van der Waals surface area (Å²) in [5.41, 5.74) is 3.23. The third-order valence-electron chi connectivity index (χ3n) is 3.69. The summed E-state index contributed by atoms with van der Waals surface area (Å²) in [5, 5.41) is 0. The van der Waals surface area contributed by atoms with Crippen molar-refractivity contribution >= 4 is 6.08 Å². The molecular formula is C18H17FO2. The van der Waals surface area contributed by atoms with E-state index in [2.05, 4.69) is 6.58 Å². The van der Waals surface area contributed by atoms with E-state index < -0.39 is 0 Å². The van der Waals surface area contributed by atoms with Crippen LogP contribution in [0.2, 0.25) is 0 Å². The van der Waals surface area contributed by atoms with Crippen molar-refractivity contribution in [1.29, 1.82) is 0 Å². The van der Waals surface area contributed by atoms with Crippen LogP contribution in [0.1, 0.15) is 11.1 Å². The first-order chi connectivity index (χ1) is 10.2. The van der Waals surface area contributed by atoms with Crippen LogP contribution in [-0.4, -0.2) is 19.8 Å². The zero-order chi connectivity index (χ0) is 14.8. The van der Waals surface area contributed by atoms with Crippen LogP contribution < -0.4 is 4.74 Å². The smallest absolute Gasteiger partial charge is 0.173 e. The minimum atomic E-state index is -0.318. The van der Waals surface area contributed by atoms with Crippen molar-refractivity contribution in [1.82, 2.24) is 0 Å². The Bertz CT molecular complexity index is 658. The Labute approximate surface area is 123 Å². The summed E-state index contributed by atoms with van der Waals surface area (Å²) in [5.74, 6) is -0.00204. The molecule has 1 aliphatic heterocycles. The second kappa shape index (κ2) is 5.70. The number of ether oxygens (including phenoxy) is 2. The van der Waals surface area contributed by atoms with Crippen molar-refractivity contribution in [3.8, 4) is 16.9 Å². The standard InChI is InChI=1S/C18H17FO2/c1-3-12-4-6-13(7-5-12)16-9-8-14(10-15-11-21-15)18(20-2)17(16)19/h3-9,15H,1,10-11H2,2H3/t15-/m1/s1. The van der Waals surface area contributed by atoms with Crippen molar-refractivity contribution in [2.45, 2.75) is 12.5 Å². The van der Waals surface area contributed by atoms with Gasteiger partial charge in [-0.05, 0) is 16.7 Å². The van der Waals surface area contributed by atoms with E-state index in [-0.39, 0.29) is 11.9 Å². The van der Waals surface area contributed by atoms with Gasteiger partial charge in [0.15, 0.2) is 11.6 Å². The maximum absolute atomic E-state index is 14.7. The molecule has 3 rings (SSSR count). The van der Waals surface area contributed by atoms with Gasteiger partial charge in [-0.15, -0.1) is 0 Å². The molecule has 0 bridgehead atoms. The predicted octanol–water partition coefficient (Wildman–Crippen LogP) is 4.09. The van der Waals surface area contributed by atoms with Crippen molar-refractivity contribution in [2.75, 3.05) is 13.7 Å². The van der Waals surface area contributed by atoms with Gasteiger partial charge in [0.2, 0.25) is 0 Å².